The summed E-state index contributed by atoms with van der Waals surface area (Å²) in [6, 6.07) is 13.1. The lowest BCUT2D eigenvalue weighted by molar-refractivity contribution is 0.0740. The summed E-state index contributed by atoms with van der Waals surface area (Å²) < 4.78 is 40.5. The molecule has 1 aliphatic heterocycles. The molecule has 3 aromatic rings. The lowest BCUT2D eigenvalue weighted by Crippen LogP contribution is -2.49. The van der Waals surface area contributed by atoms with Crippen molar-refractivity contribution in [1.29, 1.82) is 5.26 Å². The van der Waals surface area contributed by atoms with Gasteiger partial charge >= 0.3 is 0 Å². The van der Waals surface area contributed by atoms with Crippen molar-refractivity contribution in [3.05, 3.63) is 71.0 Å². The second-order valence-corrected chi connectivity index (χ2v) is 6.67. The van der Waals surface area contributed by atoms with Crippen molar-refractivity contribution in [2.24, 2.45) is 0 Å². The van der Waals surface area contributed by atoms with Crippen LogP contribution in [0.5, 0.6) is 0 Å². The third kappa shape index (κ3) is 3.36. The lowest BCUT2D eigenvalue weighted by Gasteiger charge is -2.36. The summed E-state index contributed by atoms with van der Waals surface area (Å²) in [7, 11) is 0. The number of benzene rings is 2. The molecule has 0 aliphatic carbocycles. The van der Waals surface area contributed by atoms with Crippen molar-refractivity contribution in [2.75, 3.05) is 31.1 Å². The molecule has 1 saturated heterocycles. The van der Waals surface area contributed by atoms with Crippen molar-refractivity contribution in [2.45, 2.75) is 0 Å². The maximum atomic E-state index is 13.9. The Balaban J connectivity index is 1.54. The van der Waals surface area contributed by atoms with Gasteiger partial charge in [0.15, 0.2) is 17.5 Å². The molecule has 1 aromatic heterocycles. The number of anilines is 1. The highest BCUT2D eigenvalue weighted by atomic mass is 19.2. The first-order valence-corrected chi connectivity index (χ1v) is 8.97. The Labute approximate surface area is 164 Å². The molecule has 146 valence electrons. The SMILES string of the molecule is N#Cc1cc2ccccc2nc1N1CCN(C(=O)c2ccc(F)c(F)c2F)CC1. The molecule has 1 aliphatic rings. The normalized spacial score (nSPS) is 14.1. The van der Waals surface area contributed by atoms with Crippen LogP contribution in [0.25, 0.3) is 10.9 Å². The molecule has 0 saturated carbocycles. The number of para-hydroxylation sites is 1. The molecule has 0 unspecified atom stereocenters. The number of nitrogens with zero attached hydrogens (tertiary/aromatic N) is 4. The molecule has 0 radical (unpaired) electrons. The Hall–Kier alpha value is -3.60. The van der Waals surface area contributed by atoms with E-state index in [4.69, 9.17) is 0 Å². The van der Waals surface area contributed by atoms with E-state index >= 15 is 0 Å². The number of carbonyl (C=O) groups excluding carboxylic acids is 1. The number of carbonyl (C=O) groups is 1. The highest BCUT2D eigenvalue weighted by molar-refractivity contribution is 5.94. The third-order valence-electron chi connectivity index (χ3n) is 4.96. The standard InChI is InChI=1S/C21H15F3N4O/c22-16-6-5-15(18(23)19(16)24)21(29)28-9-7-27(8-10-28)20-14(12-25)11-13-3-1-2-4-17(13)26-20/h1-6,11H,7-10H2. The number of hydrogen-bond donors (Lipinski definition) is 0. The van der Waals surface area contributed by atoms with Gasteiger partial charge in [0.25, 0.3) is 5.91 Å². The largest absolute Gasteiger partial charge is 0.352 e. The molecule has 29 heavy (non-hydrogen) atoms. The average Bonchev–Trinajstić information content (AvgIpc) is 2.76. The quantitative estimate of drug-likeness (QED) is 0.623. The average molecular weight is 396 g/mol. The third-order valence-corrected chi connectivity index (χ3v) is 4.96. The molecule has 4 rings (SSSR count). The summed E-state index contributed by atoms with van der Waals surface area (Å²) in [5.41, 5.74) is 0.679. The summed E-state index contributed by atoms with van der Waals surface area (Å²) in [6.07, 6.45) is 0. The number of halogens is 3. The first-order chi connectivity index (χ1) is 14.0. The number of aromatic nitrogens is 1. The Morgan fingerprint density at radius 1 is 1.00 bits per heavy atom. The van der Waals surface area contributed by atoms with Crippen LogP contribution in [0.2, 0.25) is 0 Å². The molecule has 0 atom stereocenters. The molecular weight excluding hydrogens is 381 g/mol. The van der Waals surface area contributed by atoms with Crippen molar-refractivity contribution in [3.63, 3.8) is 0 Å². The smallest absolute Gasteiger partial charge is 0.257 e. The molecule has 0 spiro atoms. The van der Waals surface area contributed by atoms with Gasteiger partial charge < -0.3 is 9.80 Å². The maximum absolute atomic E-state index is 13.9. The van der Waals surface area contributed by atoms with E-state index in [2.05, 4.69) is 11.1 Å². The predicted octanol–water partition coefficient (Wildman–Crippen LogP) is 3.49. The Morgan fingerprint density at radius 2 is 1.72 bits per heavy atom. The zero-order valence-electron chi connectivity index (χ0n) is 15.2. The molecule has 2 heterocycles. The summed E-state index contributed by atoms with van der Waals surface area (Å²) in [4.78, 5) is 20.4. The zero-order valence-corrected chi connectivity index (χ0v) is 15.2. The van der Waals surface area contributed by atoms with Crippen molar-refractivity contribution in [1.82, 2.24) is 9.88 Å². The predicted molar refractivity (Wildman–Crippen MR) is 101 cm³/mol. The highest BCUT2D eigenvalue weighted by Gasteiger charge is 2.27. The Bertz CT molecular complexity index is 1150. The highest BCUT2D eigenvalue weighted by Crippen LogP contribution is 2.25. The van der Waals surface area contributed by atoms with Crippen LogP contribution in [0.15, 0.2) is 42.5 Å². The minimum Gasteiger partial charge on any atom is -0.352 e. The fourth-order valence-electron chi connectivity index (χ4n) is 3.41. The number of hydrogen-bond acceptors (Lipinski definition) is 4. The molecule has 2 aromatic carbocycles. The van der Waals surface area contributed by atoms with Crippen LogP contribution in [0.3, 0.4) is 0 Å². The van der Waals surface area contributed by atoms with Crippen LogP contribution < -0.4 is 4.90 Å². The molecule has 0 bridgehead atoms. The van der Waals surface area contributed by atoms with E-state index in [1.54, 1.807) is 6.07 Å². The van der Waals surface area contributed by atoms with Gasteiger partial charge in [-0.2, -0.15) is 5.26 Å². The lowest BCUT2D eigenvalue weighted by atomic mass is 10.1. The van der Waals surface area contributed by atoms with E-state index in [-0.39, 0.29) is 13.1 Å². The van der Waals surface area contributed by atoms with E-state index in [1.165, 1.54) is 4.90 Å². The van der Waals surface area contributed by atoms with Crippen LogP contribution in [-0.2, 0) is 0 Å². The number of nitriles is 1. The van der Waals surface area contributed by atoms with Crippen molar-refractivity contribution in [3.8, 4) is 6.07 Å². The van der Waals surface area contributed by atoms with Crippen LogP contribution in [0, 0.1) is 28.8 Å². The fourth-order valence-corrected chi connectivity index (χ4v) is 3.41. The first kappa shape index (κ1) is 18.7. The summed E-state index contributed by atoms with van der Waals surface area (Å²) in [5, 5.41) is 10.3. The summed E-state index contributed by atoms with van der Waals surface area (Å²) in [6.45, 7) is 1.21. The van der Waals surface area contributed by atoms with E-state index in [0.29, 0.717) is 24.5 Å². The fraction of sp³-hybridized carbons (Fsp3) is 0.190. The summed E-state index contributed by atoms with van der Waals surface area (Å²) in [5.74, 6) is -4.66. The molecule has 5 nitrogen and oxygen atoms in total. The second kappa shape index (κ2) is 7.43. The van der Waals surface area contributed by atoms with Gasteiger partial charge in [-0.15, -0.1) is 0 Å². The van der Waals surface area contributed by atoms with E-state index in [0.717, 1.165) is 23.0 Å². The minimum atomic E-state index is -1.66. The van der Waals surface area contributed by atoms with Gasteiger partial charge in [0.1, 0.15) is 11.9 Å². The maximum Gasteiger partial charge on any atom is 0.257 e. The van der Waals surface area contributed by atoms with Crippen LogP contribution in [0.4, 0.5) is 19.0 Å². The minimum absolute atomic E-state index is 0.233. The number of amides is 1. The van der Waals surface area contributed by atoms with Gasteiger partial charge in [0.05, 0.1) is 16.6 Å². The van der Waals surface area contributed by atoms with Crippen molar-refractivity contribution < 1.29 is 18.0 Å². The van der Waals surface area contributed by atoms with E-state index < -0.39 is 28.9 Å². The zero-order chi connectivity index (χ0) is 20.5. The molecule has 1 amide bonds. The number of piperazine rings is 1. The van der Waals surface area contributed by atoms with Crippen molar-refractivity contribution >= 4 is 22.6 Å². The topological polar surface area (TPSA) is 60.2 Å². The van der Waals surface area contributed by atoms with Gasteiger partial charge in [0, 0.05) is 31.6 Å². The van der Waals surface area contributed by atoms with Crippen LogP contribution >= 0.6 is 0 Å². The second-order valence-electron chi connectivity index (χ2n) is 6.67. The van der Waals surface area contributed by atoms with Gasteiger partial charge in [-0.05, 0) is 24.3 Å². The van der Waals surface area contributed by atoms with Gasteiger partial charge in [0.2, 0.25) is 0 Å². The molecular formula is C21H15F3N4O. The Morgan fingerprint density at radius 3 is 2.45 bits per heavy atom. The van der Waals surface area contributed by atoms with E-state index in [1.807, 2.05) is 29.2 Å². The van der Waals surface area contributed by atoms with E-state index in [9.17, 15) is 23.2 Å². The van der Waals surface area contributed by atoms with Gasteiger partial charge in [-0.1, -0.05) is 18.2 Å². The first-order valence-electron chi connectivity index (χ1n) is 8.97. The number of fused-ring (bicyclic) bond motifs is 1. The van der Waals surface area contributed by atoms with Crippen LogP contribution in [0.1, 0.15) is 15.9 Å². The molecule has 0 N–H and O–H groups in total. The molecule has 8 heteroatoms. The summed E-state index contributed by atoms with van der Waals surface area (Å²) >= 11 is 0. The van der Waals surface area contributed by atoms with Gasteiger partial charge in [-0.25, -0.2) is 18.2 Å². The van der Waals surface area contributed by atoms with Gasteiger partial charge in [-0.3, -0.25) is 4.79 Å². The number of rotatable bonds is 2. The molecule has 1 fully saturated rings. The monoisotopic (exact) mass is 396 g/mol. The van der Waals surface area contributed by atoms with Crippen LogP contribution in [-0.4, -0.2) is 42.0 Å². The Kier molecular flexibility index (Phi) is 4.80. The number of pyridine rings is 1.